The van der Waals surface area contributed by atoms with E-state index < -0.39 is 0 Å². The molecular weight excluding hydrogens is 302 g/mol. The average Bonchev–Trinajstić information content (AvgIpc) is 3.14. The Balaban J connectivity index is 1.61. The second-order valence-electron chi connectivity index (χ2n) is 5.53. The van der Waals surface area contributed by atoms with Gasteiger partial charge >= 0.3 is 0 Å². The number of thioether (sulfide) groups is 1. The molecule has 3 heterocycles. The normalized spacial score (nSPS) is 18.6. The molecule has 22 heavy (non-hydrogen) atoms. The van der Waals surface area contributed by atoms with Gasteiger partial charge in [-0.1, -0.05) is 18.7 Å². The Bertz CT molecular complexity index is 640. The molecule has 1 fully saturated rings. The van der Waals surface area contributed by atoms with Crippen LogP contribution in [0.1, 0.15) is 19.8 Å². The highest BCUT2D eigenvalue weighted by molar-refractivity contribution is 7.99. The zero-order valence-corrected chi connectivity index (χ0v) is 13.3. The third kappa shape index (κ3) is 3.11. The van der Waals surface area contributed by atoms with Crippen molar-refractivity contribution in [1.82, 2.24) is 19.8 Å². The fourth-order valence-corrected chi connectivity index (χ4v) is 3.34. The van der Waals surface area contributed by atoms with Gasteiger partial charge in [-0.2, -0.15) is 0 Å². The van der Waals surface area contributed by atoms with Crippen LogP contribution in [-0.4, -0.2) is 44.5 Å². The standard InChI is InChI=1S/C14H19N5O2S/c1-10-4-2-6-18(8-10)12(20)9-22-14-17-16-13(19(14)15)11-5-3-7-21-11/h3,5,7,10H,2,4,6,8-9,15H2,1H3/t10-/m1/s1. The van der Waals surface area contributed by atoms with Gasteiger partial charge in [-0.15, -0.1) is 10.2 Å². The number of nitrogens with zero attached hydrogens (tertiary/aromatic N) is 4. The van der Waals surface area contributed by atoms with Gasteiger partial charge in [0, 0.05) is 13.1 Å². The molecule has 1 amide bonds. The third-order valence-electron chi connectivity index (χ3n) is 3.74. The van der Waals surface area contributed by atoms with Crippen LogP contribution < -0.4 is 5.84 Å². The van der Waals surface area contributed by atoms with E-state index in [0.717, 1.165) is 19.5 Å². The van der Waals surface area contributed by atoms with Crippen LogP contribution in [0.4, 0.5) is 0 Å². The van der Waals surface area contributed by atoms with Gasteiger partial charge in [-0.05, 0) is 30.9 Å². The molecule has 0 spiro atoms. The molecule has 1 aliphatic rings. The predicted octanol–water partition coefficient (Wildman–Crippen LogP) is 1.60. The summed E-state index contributed by atoms with van der Waals surface area (Å²) in [6.45, 7) is 3.86. The van der Waals surface area contributed by atoms with Crippen molar-refractivity contribution < 1.29 is 9.21 Å². The van der Waals surface area contributed by atoms with Crippen LogP contribution in [0.15, 0.2) is 28.0 Å². The number of rotatable bonds is 4. The van der Waals surface area contributed by atoms with Crippen LogP contribution in [0.25, 0.3) is 11.6 Å². The third-order valence-corrected chi connectivity index (χ3v) is 4.67. The van der Waals surface area contributed by atoms with Gasteiger partial charge in [-0.3, -0.25) is 4.79 Å². The van der Waals surface area contributed by atoms with Crippen LogP contribution in [0, 0.1) is 5.92 Å². The molecule has 0 saturated carbocycles. The number of carbonyl (C=O) groups excluding carboxylic acids is 1. The first-order valence-corrected chi connectivity index (χ1v) is 8.28. The van der Waals surface area contributed by atoms with Crippen molar-refractivity contribution in [1.29, 1.82) is 0 Å². The summed E-state index contributed by atoms with van der Waals surface area (Å²) in [6, 6.07) is 3.53. The molecule has 0 aromatic carbocycles. The lowest BCUT2D eigenvalue weighted by Gasteiger charge is -2.30. The van der Waals surface area contributed by atoms with Crippen molar-refractivity contribution in [2.75, 3.05) is 24.7 Å². The Kier molecular flexibility index (Phi) is 4.37. The zero-order chi connectivity index (χ0) is 15.5. The van der Waals surface area contributed by atoms with Crippen LogP contribution in [0.3, 0.4) is 0 Å². The van der Waals surface area contributed by atoms with E-state index in [2.05, 4.69) is 17.1 Å². The largest absolute Gasteiger partial charge is 0.461 e. The van der Waals surface area contributed by atoms with Crippen molar-refractivity contribution in [3.8, 4) is 11.6 Å². The summed E-state index contributed by atoms with van der Waals surface area (Å²) in [7, 11) is 0. The van der Waals surface area contributed by atoms with E-state index >= 15 is 0 Å². The van der Waals surface area contributed by atoms with Gasteiger partial charge in [0.2, 0.25) is 16.9 Å². The molecule has 0 unspecified atom stereocenters. The Labute approximate surface area is 132 Å². The van der Waals surface area contributed by atoms with Gasteiger partial charge in [0.05, 0.1) is 12.0 Å². The summed E-state index contributed by atoms with van der Waals surface area (Å²) in [4.78, 5) is 14.2. The van der Waals surface area contributed by atoms with E-state index in [1.54, 1.807) is 18.4 Å². The Morgan fingerprint density at radius 3 is 3.14 bits per heavy atom. The Morgan fingerprint density at radius 1 is 1.55 bits per heavy atom. The SMILES string of the molecule is C[C@@H]1CCCN(C(=O)CSc2nnc(-c3ccco3)n2N)C1. The number of nitrogen functional groups attached to an aromatic ring is 1. The molecule has 118 valence electrons. The van der Waals surface area contributed by atoms with Gasteiger partial charge < -0.3 is 15.2 Å². The molecule has 0 bridgehead atoms. The van der Waals surface area contributed by atoms with Crippen molar-refractivity contribution in [3.63, 3.8) is 0 Å². The number of hydrogen-bond acceptors (Lipinski definition) is 6. The minimum absolute atomic E-state index is 0.124. The fourth-order valence-electron chi connectivity index (χ4n) is 2.58. The monoisotopic (exact) mass is 321 g/mol. The highest BCUT2D eigenvalue weighted by atomic mass is 32.2. The summed E-state index contributed by atoms with van der Waals surface area (Å²) >= 11 is 1.30. The first-order valence-electron chi connectivity index (χ1n) is 7.30. The van der Waals surface area contributed by atoms with Crippen LogP contribution in [0.2, 0.25) is 0 Å². The Hall–Kier alpha value is -1.96. The van der Waals surface area contributed by atoms with Gasteiger partial charge in [0.1, 0.15) is 0 Å². The topological polar surface area (TPSA) is 90.2 Å². The molecule has 0 radical (unpaired) electrons. The number of piperidine rings is 1. The maximum Gasteiger partial charge on any atom is 0.233 e. The second kappa shape index (κ2) is 6.43. The number of likely N-dealkylation sites (tertiary alicyclic amines) is 1. The molecule has 8 heteroatoms. The average molecular weight is 321 g/mol. The van der Waals surface area contributed by atoms with Gasteiger partial charge in [0.25, 0.3) is 0 Å². The predicted molar refractivity (Wildman–Crippen MR) is 83.6 cm³/mol. The smallest absolute Gasteiger partial charge is 0.233 e. The molecule has 2 N–H and O–H groups in total. The van der Waals surface area contributed by atoms with E-state index in [1.165, 1.54) is 22.9 Å². The van der Waals surface area contributed by atoms with E-state index in [0.29, 0.717) is 28.4 Å². The number of furan rings is 1. The minimum atomic E-state index is 0.124. The molecule has 7 nitrogen and oxygen atoms in total. The van der Waals surface area contributed by atoms with Crippen molar-refractivity contribution in [2.45, 2.75) is 24.9 Å². The molecule has 3 rings (SSSR count). The zero-order valence-electron chi connectivity index (χ0n) is 12.4. The van der Waals surface area contributed by atoms with E-state index in [1.807, 2.05) is 4.90 Å². The van der Waals surface area contributed by atoms with Crippen LogP contribution >= 0.6 is 11.8 Å². The van der Waals surface area contributed by atoms with Crippen molar-refractivity contribution in [3.05, 3.63) is 18.4 Å². The number of hydrogen-bond donors (Lipinski definition) is 1. The van der Waals surface area contributed by atoms with Crippen LogP contribution in [-0.2, 0) is 4.79 Å². The molecule has 2 aromatic rings. The minimum Gasteiger partial charge on any atom is -0.461 e. The number of aromatic nitrogens is 3. The molecule has 1 saturated heterocycles. The number of amides is 1. The molecule has 2 aromatic heterocycles. The lowest BCUT2D eigenvalue weighted by Crippen LogP contribution is -2.40. The van der Waals surface area contributed by atoms with Gasteiger partial charge in [-0.25, -0.2) is 4.68 Å². The van der Waals surface area contributed by atoms with Crippen LogP contribution in [0.5, 0.6) is 0 Å². The maximum atomic E-state index is 12.3. The summed E-state index contributed by atoms with van der Waals surface area (Å²) in [5, 5.41) is 8.54. The number of carbonyl (C=O) groups is 1. The molecular formula is C14H19N5O2S. The maximum absolute atomic E-state index is 12.3. The molecule has 1 atom stereocenters. The Morgan fingerprint density at radius 2 is 2.41 bits per heavy atom. The summed E-state index contributed by atoms with van der Waals surface area (Å²) in [5.41, 5.74) is 0. The van der Waals surface area contributed by atoms with E-state index in [9.17, 15) is 4.79 Å². The molecule has 1 aliphatic heterocycles. The number of nitrogens with two attached hydrogens (primary N) is 1. The van der Waals surface area contributed by atoms with Crippen molar-refractivity contribution >= 4 is 17.7 Å². The molecule has 0 aliphatic carbocycles. The first kappa shape index (κ1) is 15.0. The summed E-state index contributed by atoms with van der Waals surface area (Å²) in [6.07, 6.45) is 3.83. The van der Waals surface area contributed by atoms with Crippen molar-refractivity contribution in [2.24, 2.45) is 5.92 Å². The highest BCUT2D eigenvalue weighted by Gasteiger charge is 2.22. The lowest BCUT2D eigenvalue weighted by molar-refractivity contribution is -0.130. The first-order chi connectivity index (χ1) is 10.6. The fraction of sp³-hybridized carbons (Fsp3) is 0.500. The van der Waals surface area contributed by atoms with E-state index in [4.69, 9.17) is 10.3 Å². The van der Waals surface area contributed by atoms with E-state index in [-0.39, 0.29) is 5.91 Å². The second-order valence-corrected chi connectivity index (χ2v) is 6.47. The quantitative estimate of drug-likeness (QED) is 0.679. The summed E-state index contributed by atoms with van der Waals surface area (Å²) in [5.74, 6) is 7.99. The van der Waals surface area contributed by atoms with Gasteiger partial charge in [0.15, 0.2) is 5.76 Å². The lowest BCUT2D eigenvalue weighted by atomic mass is 10.0. The highest BCUT2D eigenvalue weighted by Crippen LogP contribution is 2.23. The summed E-state index contributed by atoms with van der Waals surface area (Å²) < 4.78 is 6.62.